The molecule has 0 aliphatic rings. The summed E-state index contributed by atoms with van der Waals surface area (Å²) in [6.45, 7) is 6.51. The number of para-hydroxylation sites is 1. The van der Waals surface area contributed by atoms with E-state index in [4.69, 9.17) is 4.52 Å². The van der Waals surface area contributed by atoms with Crippen molar-refractivity contribution in [2.24, 2.45) is 5.92 Å². The van der Waals surface area contributed by atoms with Crippen molar-refractivity contribution in [1.82, 2.24) is 0 Å². The summed E-state index contributed by atoms with van der Waals surface area (Å²) in [4.78, 5) is 0. The van der Waals surface area contributed by atoms with Crippen LogP contribution in [0.5, 0.6) is 5.75 Å². The molecule has 0 bridgehead atoms. The van der Waals surface area contributed by atoms with Crippen molar-refractivity contribution >= 4 is 8.81 Å². The second-order valence-corrected chi connectivity index (χ2v) is 4.51. The number of hydrogen-bond acceptors (Lipinski definition) is 1. The summed E-state index contributed by atoms with van der Waals surface area (Å²) in [7, 11) is 0.586. The van der Waals surface area contributed by atoms with Crippen LogP contribution >= 0.6 is 8.81 Å². The smallest absolute Gasteiger partial charge is 0.125 e. The van der Waals surface area contributed by atoms with E-state index < -0.39 is 0 Å². The molecule has 0 spiro atoms. The van der Waals surface area contributed by atoms with E-state index in [0.717, 1.165) is 17.8 Å². The van der Waals surface area contributed by atoms with Crippen LogP contribution in [0.15, 0.2) is 24.3 Å². The largest absolute Gasteiger partial charge is 0.477 e. The van der Waals surface area contributed by atoms with Crippen molar-refractivity contribution in [2.75, 3.05) is 6.16 Å². The van der Waals surface area contributed by atoms with Gasteiger partial charge >= 0.3 is 0 Å². The Morgan fingerprint density at radius 3 is 2.62 bits per heavy atom. The normalized spacial score (nSPS) is 11.4. The van der Waals surface area contributed by atoms with E-state index in [2.05, 4.69) is 26.8 Å². The summed E-state index contributed by atoms with van der Waals surface area (Å²) in [5.41, 5.74) is 1.22. The highest BCUT2D eigenvalue weighted by Crippen LogP contribution is 2.25. The molecule has 1 aromatic rings. The second kappa shape index (κ2) is 5.24. The molecular formula is C11H17OP. The van der Waals surface area contributed by atoms with E-state index in [1.165, 1.54) is 5.56 Å². The standard InChI is InChI=1S/C11H17OP/c1-9(2)8-13-12-11-7-5-4-6-10(11)3/h4-7,9,13H,8H2,1-3H3. The maximum atomic E-state index is 5.68. The van der Waals surface area contributed by atoms with Crippen LogP contribution < -0.4 is 4.52 Å². The summed E-state index contributed by atoms with van der Waals surface area (Å²) < 4.78 is 5.68. The van der Waals surface area contributed by atoms with Crippen LogP contribution in [0.1, 0.15) is 19.4 Å². The molecule has 1 aromatic carbocycles. The quantitative estimate of drug-likeness (QED) is 0.668. The zero-order valence-electron chi connectivity index (χ0n) is 8.50. The molecule has 0 heterocycles. The first-order valence-electron chi connectivity index (χ1n) is 4.65. The summed E-state index contributed by atoms with van der Waals surface area (Å²) >= 11 is 0. The Morgan fingerprint density at radius 2 is 2.00 bits per heavy atom. The van der Waals surface area contributed by atoms with E-state index in [1.807, 2.05) is 18.2 Å². The van der Waals surface area contributed by atoms with Crippen molar-refractivity contribution in [1.29, 1.82) is 0 Å². The molecule has 0 N–H and O–H groups in total. The Bertz CT molecular complexity index is 258. The van der Waals surface area contributed by atoms with Crippen LogP contribution in [0, 0.1) is 12.8 Å². The van der Waals surface area contributed by atoms with Crippen molar-refractivity contribution in [2.45, 2.75) is 20.8 Å². The van der Waals surface area contributed by atoms with Crippen LogP contribution in [-0.2, 0) is 0 Å². The minimum atomic E-state index is 0.586. The third-order valence-electron chi connectivity index (χ3n) is 1.77. The predicted octanol–water partition coefficient (Wildman–Crippen LogP) is 3.62. The van der Waals surface area contributed by atoms with Gasteiger partial charge in [-0.2, -0.15) is 0 Å². The van der Waals surface area contributed by atoms with Crippen molar-refractivity contribution in [3.05, 3.63) is 29.8 Å². The third kappa shape index (κ3) is 3.78. The highest BCUT2D eigenvalue weighted by atomic mass is 31.1. The molecule has 0 fully saturated rings. The topological polar surface area (TPSA) is 9.23 Å². The fraction of sp³-hybridized carbons (Fsp3) is 0.455. The molecule has 0 radical (unpaired) electrons. The molecule has 0 amide bonds. The number of benzene rings is 1. The molecule has 1 atom stereocenters. The fourth-order valence-corrected chi connectivity index (χ4v) is 1.76. The second-order valence-electron chi connectivity index (χ2n) is 3.61. The van der Waals surface area contributed by atoms with Crippen LogP contribution in [0.25, 0.3) is 0 Å². The van der Waals surface area contributed by atoms with Gasteiger partial charge in [0.05, 0.1) is 8.81 Å². The van der Waals surface area contributed by atoms with Crippen LogP contribution in [0.2, 0.25) is 0 Å². The minimum absolute atomic E-state index is 0.586. The first kappa shape index (κ1) is 10.5. The lowest BCUT2D eigenvalue weighted by Gasteiger charge is -2.09. The van der Waals surface area contributed by atoms with Gasteiger partial charge in [0.2, 0.25) is 0 Å². The van der Waals surface area contributed by atoms with Gasteiger partial charge in [0.1, 0.15) is 5.75 Å². The van der Waals surface area contributed by atoms with Gasteiger partial charge in [0.25, 0.3) is 0 Å². The van der Waals surface area contributed by atoms with E-state index in [-0.39, 0.29) is 0 Å². The minimum Gasteiger partial charge on any atom is -0.477 e. The Labute approximate surface area is 82.4 Å². The maximum Gasteiger partial charge on any atom is 0.125 e. The summed E-state index contributed by atoms with van der Waals surface area (Å²) in [5, 5.41) is 0. The average Bonchev–Trinajstić information content (AvgIpc) is 2.08. The molecule has 13 heavy (non-hydrogen) atoms. The molecule has 0 saturated carbocycles. The summed E-state index contributed by atoms with van der Waals surface area (Å²) in [6, 6.07) is 8.16. The maximum absolute atomic E-state index is 5.68. The lowest BCUT2D eigenvalue weighted by atomic mass is 10.2. The van der Waals surface area contributed by atoms with Crippen LogP contribution in [0.4, 0.5) is 0 Å². The van der Waals surface area contributed by atoms with Crippen LogP contribution in [0.3, 0.4) is 0 Å². The Morgan fingerprint density at radius 1 is 1.31 bits per heavy atom. The monoisotopic (exact) mass is 196 g/mol. The van der Waals surface area contributed by atoms with Crippen molar-refractivity contribution in [3.63, 3.8) is 0 Å². The Kier molecular flexibility index (Phi) is 4.24. The summed E-state index contributed by atoms with van der Waals surface area (Å²) in [6.07, 6.45) is 1.15. The zero-order chi connectivity index (χ0) is 9.68. The molecule has 0 saturated heterocycles. The number of rotatable bonds is 4. The van der Waals surface area contributed by atoms with Gasteiger partial charge in [0, 0.05) is 6.16 Å². The van der Waals surface area contributed by atoms with Crippen LogP contribution in [-0.4, -0.2) is 6.16 Å². The average molecular weight is 196 g/mol. The zero-order valence-corrected chi connectivity index (χ0v) is 9.50. The van der Waals surface area contributed by atoms with E-state index in [9.17, 15) is 0 Å². The highest BCUT2D eigenvalue weighted by molar-refractivity contribution is 7.32. The molecule has 72 valence electrons. The summed E-state index contributed by atoms with van der Waals surface area (Å²) in [5.74, 6) is 1.75. The SMILES string of the molecule is Cc1ccccc1OPCC(C)C. The molecule has 1 nitrogen and oxygen atoms in total. The molecule has 0 aromatic heterocycles. The molecule has 1 rings (SSSR count). The van der Waals surface area contributed by atoms with Gasteiger partial charge in [-0.1, -0.05) is 32.0 Å². The lowest BCUT2D eigenvalue weighted by Crippen LogP contribution is -1.91. The van der Waals surface area contributed by atoms with Gasteiger partial charge in [-0.15, -0.1) is 0 Å². The van der Waals surface area contributed by atoms with E-state index in [1.54, 1.807) is 0 Å². The van der Waals surface area contributed by atoms with Crippen molar-refractivity contribution in [3.8, 4) is 5.75 Å². The predicted molar refractivity (Wildman–Crippen MR) is 59.8 cm³/mol. The van der Waals surface area contributed by atoms with E-state index >= 15 is 0 Å². The number of hydrogen-bond donors (Lipinski definition) is 0. The van der Waals surface area contributed by atoms with E-state index in [0.29, 0.717) is 8.81 Å². The van der Waals surface area contributed by atoms with Gasteiger partial charge in [-0.25, -0.2) is 0 Å². The lowest BCUT2D eigenvalue weighted by molar-refractivity contribution is 0.610. The first-order chi connectivity index (χ1) is 6.20. The molecule has 0 aliphatic carbocycles. The molecule has 1 unspecified atom stereocenters. The first-order valence-corrected chi connectivity index (χ1v) is 5.77. The van der Waals surface area contributed by atoms with Gasteiger partial charge < -0.3 is 4.52 Å². The highest BCUT2D eigenvalue weighted by Gasteiger charge is 1.98. The fourth-order valence-electron chi connectivity index (χ4n) is 0.957. The van der Waals surface area contributed by atoms with Crippen molar-refractivity contribution < 1.29 is 4.52 Å². The third-order valence-corrected chi connectivity index (χ3v) is 3.11. The Balaban J connectivity index is 2.41. The number of aryl methyl sites for hydroxylation is 1. The molecular weight excluding hydrogens is 179 g/mol. The van der Waals surface area contributed by atoms with Gasteiger partial charge in [0.15, 0.2) is 0 Å². The van der Waals surface area contributed by atoms with Gasteiger partial charge in [-0.3, -0.25) is 0 Å². The molecule has 2 heteroatoms. The molecule has 0 aliphatic heterocycles. The van der Waals surface area contributed by atoms with Gasteiger partial charge in [-0.05, 0) is 24.5 Å². The Hall–Kier alpha value is -0.550.